The van der Waals surface area contributed by atoms with Gasteiger partial charge in [-0.1, -0.05) is 34.7 Å². The fourth-order valence-corrected chi connectivity index (χ4v) is 4.58. The van der Waals surface area contributed by atoms with Crippen LogP contribution in [0.1, 0.15) is 46.2 Å². The van der Waals surface area contributed by atoms with Crippen LogP contribution in [-0.2, 0) is 17.6 Å². The SMILES string of the molecule is C=C(C)Cc1ncn(-c2ccc(F)c(F)c2)c1C(=O)O.CC1(CI)Cc2ncn(-c3ccc(F)c(F)c3)c2C(=O)O1. The molecule has 5 rings (SSSR count). The number of benzene rings is 2. The summed E-state index contributed by atoms with van der Waals surface area (Å²) in [4.78, 5) is 31.8. The van der Waals surface area contributed by atoms with Gasteiger partial charge < -0.3 is 9.84 Å². The second kappa shape index (κ2) is 11.8. The van der Waals surface area contributed by atoms with Gasteiger partial charge in [0.05, 0.1) is 22.8 Å². The van der Waals surface area contributed by atoms with Crippen LogP contribution in [0.15, 0.2) is 61.2 Å². The molecule has 0 saturated heterocycles. The Labute approximate surface area is 245 Å². The first-order chi connectivity index (χ1) is 19.3. The number of hydrogen-bond donors (Lipinski definition) is 1. The molecule has 2 aromatic carbocycles. The van der Waals surface area contributed by atoms with Crippen molar-refractivity contribution in [3.05, 3.63) is 107 Å². The van der Waals surface area contributed by atoms with Crippen LogP contribution in [0.3, 0.4) is 0 Å². The zero-order valence-electron chi connectivity index (χ0n) is 21.8. The molecule has 1 N–H and O–H groups in total. The van der Waals surface area contributed by atoms with E-state index in [1.54, 1.807) is 6.92 Å². The highest BCUT2D eigenvalue weighted by molar-refractivity contribution is 14.1. The minimum atomic E-state index is -1.19. The van der Waals surface area contributed by atoms with Crippen molar-refractivity contribution in [3.8, 4) is 11.4 Å². The topological polar surface area (TPSA) is 99.2 Å². The number of imidazole rings is 2. The van der Waals surface area contributed by atoms with Crippen LogP contribution in [0.25, 0.3) is 11.4 Å². The van der Waals surface area contributed by atoms with Crippen molar-refractivity contribution in [1.29, 1.82) is 0 Å². The molecule has 13 heteroatoms. The lowest BCUT2D eigenvalue weighted by Gasteiger charge is -2.31. The molecular formula is C28H23F4IN4O4. The quantitative estimate of drug-likeness (QED) is 0.0878. The van der Waals surface area contributed by atoms with Gasteiger partial charge in [0.15, 0.2) is 34.7 Å². The zero-order valence-corrected chi connectivity index (χ0v) is 24.0. The molecular weight excluding hydrogens is 659 g/mol. The highest BCUT2D eigenvalue weighted by atomic mass is 127. The number of allylic oxidation sites excluding steroid dienone is 1. The van der Waals surface area contributed by atoms with Gasteiger partial charge in [-0.15, -0.1) is 0 Å². The minimum Gasteiger partial charge on any atom is -0.477 e. The van der Waals surface area contributed by atoms with Gasteiger partial charge in [-0.2, -0.15) is 0 Å². The van der Waals surface area contributed by atoms with E-state index in [-0.39, 0.29) is 17.1 Å². The molecule has 8 nitrogen and oxygen atoms in total. The second-order valence-corrected chi connectivity index (χ2v) is 10.4. The lowest BCUT2D eigenvalue weighted by atomic mass is 9.98. The fourth-order valence-electron chi connectivity index (χ4n) is 4.16. The molecule has 4 aromatic rings. The second-order valence-electron chi connectivity index (χ2n) is 9.61. The number of cyclic esters (lactones) is 1. The third kappa shape index (κ3) is 6.34. The molecule has 0 spiro atoms. The first-order valence-electron chi connectivity index (χ1n) is 12.0. The van der Waals surface area contributed by atoms with Crippen molar-refractivity contribution < 1.29 is 37.0 Å². The van der Waals surface area contributed by atoms with Gasteiger partial charge in [0.1, 0.15) is 18.3 Å². The maximum Gasteiger partial charge on any atom is 0.357 e. The summed E-state index contributed by atoms with van der Waals surface area (Å²) < 4.78 is 61.3. The maximum atomic E-state index is 13.4. The first kappa shape index (κ1) is 30.0. The molecule has 214 valence electrons. The highest BCUT2D eigenvalue weighted by Gasteiger charge is 2.38. The van der Waals surface area contributed by atoms with Gasteiger partial charge in [0.25, 0.3) is 0 Å². The number of carboxylic acids is 1. The van der Waals surface area contributed by atoms with E-state index in [1.165, 1.54) is 33.9 Å². The minimum absolute atomic E-state index is 0.0843. The van der Waals surface area contributed by atoms with E-state index in [0.29, 0.717) is 34.3 Å². The Morgan fingerprint density at radius 3 is 2.10 bits per heavy atom. The Hall–Kier alpha value is -4.01. The van der Waals surface area contributed by atoms with Gasteiger partial charge in [-0.25, -0.2) is 37.1 Å². The van der Waals surface area contributed by atoms with E-state index in [0.717, 1.165) is 29.8 Å². The average molecular weight is 682 g/mol. The Morgan fingerprint density at radius 2 is 1.59 bits per heavy atom. The Balaban J connectivity index is 0.000000189. The standard InChI is InChI=1S/C14H11F2IN2O2.C14H12F2N2O2/c1-14(6-17)5-11-12(13(20)21-14)19(7-18-11)8-2-3-9(15)10(16)4-8;1-8(2)5-12-13(14(19)20)18(7-17-12)9-3-4-10(15)11(16)6-9/h2-4,7H,5-6H2,1H3;3-4,6-7H,1,5H2,2H3,(H,19,20). The number of rotatable bonds is 6. The van der Waals surface area contributed by atoms with Crippen molar-refractivity contribution in [2.24, 2.45) is 0 Å². The van der Waals surface area contributed by atoms with Crippen LogP contribution in [0, 0.1) is 23.3 Å². The van der Waals surface area contributed by atoms with Crippen LogP contribution in [-0.4, -0.2) is 46.2 Å². The summed E-state index contributed by atoms with van der Waals surface area (Å²) in [5.41, 5.74) is 1.81. The molecule has 0 aliphatic carbocycles. The molecule has 0 bridgehead atoms. The number of halogens is 5. The number of aromatic carboxylic acids is 1. The van der Waals surface area contributed by atoms with Gasteiger partial charge in [0, 0.05) is 29.4 Å². The summed E-state index contributed by atoms with van der Waals surface area (Å²) in [6.45, 7) is 7.30. The molecule has 1 aliphatic rings. The van der Waals surface area contributed by atoms with Crippen LogP contribution in [0.2, 0.25) is 0 Å². The molecule has 2 aromatic heterocycles. The molecule has 0 fully saturated rings. The van der Waals surface area contributed by atoms with E-state index >= 15 is 0 Å². The van der Waals surface area contributed by atoms with Crippen LogP contribution >= 0.6 is 22.6 Å². The number of fused-ring (bicyclic) bond motifs is 1. The molecule has 1 atom stereocenters. The number of carboxylic acid groups (broad SMARTS) is 1. The van der Waals surface area contributed by atoms with Crippen molar-refractivity contribution in [2.75, 3.05) is 4.43 Å². The van der Waals surface area contributed by atoms with E-state index in [9.17, 15) is 32.3 Å². The number of esters is 1. The highest BCUT2D eigenvalue weighted by Crippen LogP contribution is 2.30. The van der Waals surface area contributed by atoms with Crippen molar-refractivity contribution in [3.63, 3.8) is 0 Å². The lowest BCUT2D eigenvalue weighted by Crippen LogP contribution is -2.41. The number of hydrogen-bond acceptors (Lipinski definition) is 5. The molecule has 3 heterocycles. The van der Waals surface area contributed by atoms with Gasteiger partial charge >= 0.3 is 11.9 Å². The third-order valence-corrected chi connectivity index (χ3v) is 7.69. The smallest absolute Gasteiger partial charge is 0.357 e. The van der Waals surface area contributed by atoms with Gasteiger partial charge in [0.2, 0.25) is 0 Å². The summed E-state index contributed by atoms with van der Waals surface area (Å²) >= 11 is 2.16. The predicted molar refractivity (Wildman–Crippen MR) is 149 cm³/mol. The number of aromatic nitrogens is 4. The molecule has 41 heavy (non-hydrogen) atoms. The third-order valence-electron chi connectivity index (χ3n) is 6.08. The summed E-state index contributed by atoms with van der Waals surface area (Å²) in [5, 5.41) is 9.28. The molecule has 0 radical (unpaired) electrons. The normalized spacial score (nSPS) is 15.9. The van der Waals surface area contributed by atoms with Crippen molar-refractivity contribution in [2.45, 2.75) is 32.3 Å². The molecule has 1 aliphatic heterocycles. The van der Waals surface area contributed by atoms with Crippen LogP contribution in [0.4, 0.5) is 17.6 Å². The number of nitrogens with zero attached hydrogens (tertiary/aromatic N) is 4. The Bertz CT molecular complexity index is 1670. The summed E-state index contributed by atoms with van der Waals surface area (Å²) in [6.07, 6.45) is 3.50. The Kier molecular flexibility index (Phi) is 8.66. The van der Waals surface area contributed by atoms with Crippen LogP contribution in [0.5, 0.6) is 0 Å². The number of ether oxygens (including phenoxy) is 1. The van der Waals surface area contributed by atoms with Gasteiger partial charge in [-0.05, 0) is 38.1 Å². The van der Waals surface area contributed by atoms with E-state index < -0.39 is 40.8 Å². The van der Waals surface area contributed by atoms with Crippen LogP contribution < -0.4 is 0 Å². The summed E-state index contributed by atoms with van der Waals surface area (Å²) in [7, 11) is 0. The number of alkyl halides is 1. The fraction of sp³-hybridized carbons (Fsp3) is 0.214. The lowest BCUT2D eigenvalue weighted by molar-refractivity contribution is -0.00459. The summed E-state index contributed by atoms with van der Waals surface area (Å²) in [5.74, 6) is -5.65. The van der Waals surface area contributed by atoms with E-state index in [2.05, 4.69) is 39.1 Å². The first-order valence-corrected chi connectivity index (χ1v) is 13.6. The van der Waals surface area contributed by atoms with Crippen molar-refractivity contribution in [1.82, 2.24) is 19.1 Å². The number of carbonyl (C=O) groups is 2. The zero-order chi connectivity index (χ0) is 30.1. The van der Waals surface area contributed by atoms with Crippen molar-refractivity contribution >= 4 is 34.5 Å². The molecule has 0 saturated carbocycles. The summed E-state index contributed by atoms with van der Waals surface area (Å²) in [6, 6.07) is 6.58. The Morgan fingerprint density at radius 1 is 1.02 bits per heavy atom. The number of carbonyl (C=O) groups excluding carboxylic acids is 1. The van der Waals surface area contributed by atoms with Gasteiger partial charge in [-0.3, -0.25) is 9.13 Å². The molecule has 0 amide bonds. The maximum absolute atomic E-state index is 13.4. The predicted octanol–water partition coefficient (Wildman–Crippen LogP) is 6.02. The van der Waals surface area contributed by atoms with E-state index in [4.69, 9.17) is 4.74 Å². The average Bonchev–Trinajstić information content (AvgIpc) is 3.52. The van der Waals surface area contributed by atoms with E-state index in [1.807, 2.05) is 6.92 Å². The largest absolute Gasteiger partial charge is 0.477 e. The monoisotopic (exact) mass is 682 g/mol. The molecule has 1 unspecified atom stereocenters.